The second kappa shape index (κ2) is 6.58. The van der Waals surface area contributed by atoms with Crippen LogP contribution in [0.5, 0.6) is 0 Å². The number of thioether (sulfide) groups is 1. The molecule has 0 spiro atoms. The zero-order chi connectivity index (χ0) is 10.2. The third-order valence-corrected chi connectivity index (χ3v) is 2.55. The predicted octanol–water partition coefficient (Wildman–Crippen LogP) is 2.51. The van der Waals surface area contributed by atoms with Crippen LogP contribution in [0.2, 0.25) is 5.02 Å². The quantitative estimate of drug-likeness (QED) is 0.617. The van der Waals surface area contributed by atoms with Gasteiger partial charge in [-0.15, -0.1) is 18.2 Å². The maximum atomic E-state index is 5.70. The summed E-state index contributed by atoms with van der Waals surface area (Å²) in [4.78, 5) is 4.10. The Labute approximate surface area is 93.5 Å². The molecular weight excluding hydrogens is 216 g/mol. The van der Waals surface area contributed by atoms with Gasteiger partial charge in [0.05, 0.1) is 10.8 Å². The summed E-state index contributed by atoms with van der Waals surface area (Å²) in [5.74, 6) is 5.16. The maximum Gasteiger partial charge on any atom is 0.126 e. The van der Waals surface area contributed by atoms with Crippen LogP contribution in [0.1, 0.15) is 0 Å². The van der Waals surface area contributed by atoms with Gasteiger partial charge in [-0.3, -0.25) is 0 Å². The molecule has 0 amide bonds. The van der Waals surface area contributed by atoms with Crippen molar-refractivity contribution in [2.24, 2.45) is 0 Å². The van der Waals surface area contributed by atoms with E-state index < -0.39 is 0 Å². The third kappa shape index (κ3) is 4.40. The van der Waals surface area contributed by atoms with Gasteiger partial charge in [0.15, 0.2) is 0 Å². The summed E-state index contributed by atoms with van der Waals surface area (Å²) in [5, 5.41) is 3.82. The molecule has 74 valence electrons. The zero-order valence-electron chi connectivity index (χ0n) is 7.66. The van der Waals surface area contributed by atoms with Gasteiger partial charge in [-0.2, -0.15) is 0 Å². The minimum atomic E-state index is 0.650. The van der Waals surface area contributed by atoms with Gasteiger partial charge < -0.3 is 5.32 Å². The summed E-state index contributed by atoms with van der Waals surface area (Å²) < 4.78 is 0. The van der Waals surface area contributed by atoms with Crippen LogP contribution >= 0.6 is 23.4 Å². The highest BCUT2D eigenvalue weighted by molar-refractivity contribution is 7.99. The van der Waals surface area contributed by atoms with Gasteiger partial charge >= 0.3 is 0 Å². The second-order valence-electron chi connectivity index (χ2n) is 2.55. The first kappa shape index (κ1) is 11.2. The highest BCUT2D eigenvalue weighted by Gasteiger charge is 1.92. The first-order valence-corrected chi connectivity index (χ1v) is 5.73. The fraction of sp³-hybridized carbons (Fsp3) is 0.300. The molecule has 1 aromatic heterocycles. The smallest absolute Gasteiger partial charge is 0.126 e. The lowest BCUT2D eigenvalue weighted by Crippen LogP contribution is -2.05. The minimum Gasteiger partial charge on any atom is -0.369 e. The van der Waals surface area contributed by atoms with Crippen LogP contribution in [0.4, 0.5) is 5.82 Å². The summed E-state index contributed by atoms with van der Waals surface area (Å²) in [5.41, 5.74) is 0. The summed E-state index contributed by atoms with van der Waals surface area (Å²) in [6.07, 6.45) is 6.74. The summed E-state index contributed by atoms with van der Waals surface area (Å²) >= 11 is 7.42. The second-order valence-corrected chi connectivity index (χ2v) is 4.09. The van der Waals surface area contributed by atoms with Crippen molar-refractivity contribution in [1.29, 1.82) is 0 Å². The van der Waals surface area contributed by atoms with Crippen molar-refractivity contribution in [3.05, 3.63) is 23.4 Å². The van der Waals surface area contributed by atoms with Crippen molar-refractivity contribution in [2.45, 2.75) is 0 Å². The Morgan fingerprint density at radius 2 is 2.43 bits per heavy atom. The average Bonchev–Trinajstić information content (AvgIpc) is 2.21. The van der Waals surface area contributed by atoms with Gasteiger partial charge in [-0.1, -0.05) is 17.5 Å². The SMILES string of the molecule is C#CCSCCNc1ccc(Cl)cn1. The number of nitrogens with one attached hydrogen (secondary N) is 1. The lowest BCUT2D eigenvalue weighted by molar-refractivity contribution is 1.17. The van der Waals surface area contributed by atoms with E-state index >= 15 is 0 Å². The number of anilines is 1. The molecule has 0 saturated carbocycles. The van der Waals surface area contributed by atoms with Gasteiger partial charge in [0.2, 0.25) is 0 Å². The molecule has 1 rings (SSSR count). The van der Waals surface area contributed by atoms with Crippen LogP contribution in [0.25, 0.3) is 0 Å². The summed E-state index contributed by atoms with van der Waals surface area (Å²) in [6.45, 7) is 0.862. The topological polar surface area (TPSA) is 24.9 Å². The monoisotopic (exact) mass is 226 g/mol. The van der Waals surface area contributed by atoms with E-state index in [2.05, 4.69) is 16.2 Å². The zero-order valence-corrected chi connectivity index (χ0v) is 9.24. The number of nitrogens with zero attached hydrogens (tertiary/aromatic N) is 1. The van der Waals surface area contributed by atoms with Crippen LogP contribution in [0.15, 0.2) is 18.3 Å². The number of pyridine rings is 1. The van der Waals surface area contributed by atoms with Crippen LogP contribution < -0.4 is 5.32 Å². The van der Waals surface area contributed by atoms with E-state index in [9.17, 15) is 0 Å². The Morgan fingerprint density at radius 1 is 1.57 bits per heavy atom. The molecule has 0 aliphatic rings. The first-order chi connectivity index (χ1) is 6.83. The molecule has 0 aliphatic carbocycles. The number of hydrogen-bond donors (Lipinski definition) is 1. The Bertz CT molecular complexity index is 305. The standard InChI is InChI=1S/C10H11ClN2S/c1-2-6-14-7-5-12-10-4-3-9(11)8-13-10/h1,3-4,8H,5-7H2,(H,12,13). The Hall–Kier alpha value is -0.850. The normalized spacial score (nSPS) is 9.43. The minimum absolute atomic E-state index is 0.650. The van der Waals surface area contributed by atoms with Gasteiger partial charge in [-0.25, -0.2) is 4.98 Å². The van der Waals surface area contributed by atoms with E-state index in [1.54, 1.807) is 18.0 Å². The fourth-order valence-corrected chi connectivity index (χ4v) is 1.48. The molecule has 0 saturated heterocycles. The molecular formula is C10H11ClN2S. The van der Waals surface area contributed by atoms with Crippen molar-refractivity contribution in [3.63, 3.8) is 0 Å². The van der Waals surface area contributed by atoms with Crippen molar-refractivity contribution in [2.75, 3.05) is 23.4 Å². The largest absolute Gasteiger partial charge is 0.369 e. The average molecular weight is 227 g/mol. The molecule has 0 radical (unpaired) electrons. The van der Waals surface area contributed by atoms with Crippen LogP contribution in [0.3, 0.4) is 0 Å². The molecule has 0 aliphatic heterocycles. The number of aromatic nitrogens is 1. The van der Waals surface area contributed by atoms with Crippen molar-refractivity contribution >= 4 is 29.2 Å². The van der Waals surface area contributed by atoms with Crippen molar-refractivity contribution in [1.82, 2.24) is 4.98 Å². The lowest BCUT2D eigenvalue weighted by Gasteiger charge is -2.03. The summed E-state index contributed by atoms with van der Waals surface area (Å²) in [6, 6.07) is 3.67. The van der Waals surface area contributed by atoms with Gasteiger partial charge in [0.1, 0.15) is 5.82 Å². The fourth-order valence-electron chi connectivity index (χ4n) is 0.863. The van der Waals surface area contributed by atoms with E-state index in [-0.39, 0.29) is 0 Å². The van der Waals surface area contributed by atoms with Crippen molar-refractivity contribution < 1.29 is 0 Å². The maximum absolute atomic E-state index is 5.70. The molecule has 0 atom stereocenters. The molecule has 0 fully saturated rings. The van der Waals surface area contributed by atoms with Crippen molar-refractivity contribution in [3.8, 4) is 12.3 Å². The Balaban J connectivity index is 2.19. The van der Waals surface area contributed by atoms with E-state index in [4.69, 9.17) is 18.0 Å². The highest BCUT2D eigenvalue weighted by atomic mass is 35.5. The Kier molecular flexibility index (Phi) is 5.28. The Morgan fingerprint density at radius 3 is 3.07 bits per heavy atom. The van der Waals surface area contributed by atoms with E-state index in [1.807, 2.05) is 12.1 Å². The van der Waals surface area contributed by atoms with Crippen LogP contribution in [0, 0.1) is 12.3 Å². The third-order valence-electron chi connectivity index (χ3n) is 1.47. The molecule has 14 heavy (non-hydrogen) atoms. The van der Waals surface area contributed by atoms with Crippen LogP contribution in [-0.2, 0) is 0 Å². The molecule has 0 aromatic carbocycles. The van der Waals surface area contributed by atoms with E-state index in [0.29, 0.717) is 5.02 Å². The molecule has 1 heterocycles. The highest BCUT2D eigenvalue weighted by Crippen LogP contribution is 2.09. The lowest BCUT2D eigenvalue weighted by atomic mass is 10.4. The van der Waals surface area contributed by atoms with E-state index in [0.717, 1.165) is 23.9 Å². The number of hydrogen-bond acceptors (Lipinski definition) is 3. The van der Waals surface area contributed by atoms with E-state index in [1.165, 1.54) is 0 Å². The number of rotatable bonds is 5. The molecule has 0 bridgehead atoms. The van der Waals surface area contributed by atoms with Gasteiger partial charge in [0, 0.05) is 18.5 Å². The molecule has 2 nitrogen and oxygen atoms in total. The predicted molar refractivity (Wildman–Crippen MR) is 63.9 cm³/mol. The van der Waals surface area contributed by atoms with Crippen LogP contribution in [-0.4, -0.2) is 23.0 Å². The van der Waals surface area contributed by atoms with Gasteiger partial charge in [-0.05, 0) is 12.1 Å². The number of terminal acetylenes is 1. The number of halogens is 1. The molecule has 4 heteroatoms. The molecule has 1 aromatic rings. The molecule has 0 unspecified atom stereocenters. The molecule has 1 N–H and O–H groups in total. The summed E-state index contributed by atoms with van der Waals surface area (Å²) in [7, 11) is 0. The van der Waals surface area contributed by atoms with Gasteiger partial charge in [0.25, 0.3) is 0 Å². The first-order valence-electron chi connectivity index (χ1n) is 4.19.